The monoisotopic (exact) mass is 285 g/mol. The number of hydrogen-bond donors (Lipinski definition) is 1. The minimum atomic E-state index is -2.84. The predicted octanol–water partition coefficient (Wildman–Crippen LogP) is 2.51. The Morgan fingerprint density at radius 1 is 0.842 bits per heavy atom. The SMILES string of the molecule is CS(=O)(=O)C1CCCC(C2CCC3CCCC3N2)C1. The quantitative estimate of drug-likeness (QED) is 0.848. The van der Waals surface area contributed by atoms with Crippen LogP contribution >= 0.6 is 0 Å². The summed E-state index contributed by atoms with van der Waals surface area (Å²) < 4.78 is 23.6. The zero-order valence-corrected chi connectivity index (χ0v) is 12.8. The highest BCUT2D eigenvalue weighted by Gasteiger charge is 2.39. The highest BCUT2D eigenvalue weighted by atomic mass is 32.2. The summed E-state index contributed by atoms with van der Waals surface area (Å²) in [6.45, 7) is 0. The second kappa shape index (κ2) is 5.36. The molecule has 0 radical (unpaired) electrons. The number of sulfone groups is 1. The minimum Gasteiger partial charge on any atom is -0.311 e. The normalized spacial score (nSPS) is 43.9. The summed E-state index contributed by atoms with van der Waals surface area (Å²) in [6, 6.07) is 1.32. The van der Waals surface area contributed by atoms with Crippen molar-refractivity contribution in [2.45, 2.75) is 75.1 Å². The predicted molar refractivity (Wildman–Crippen MR) is 77.9 cm³/mol. The molecule has 4 heteroatoms. The molecule has 0 aromatic carbocycles. The van der Waals surface area contributed by atoms with Crippen molar-refractivity contribution in [2.75, 3.05) is 6.26 Å². The van der Waals surface area contributed by atoms with Crippen LogP contribution in [0.5, 0.6) is 0 Å². The van der Waals surface area contributed by atoms with Crippen LogP contribution in [-0.4, -0.2) is 32.0 Å². The highest BCUT2D eigenvalue weighted by molar-refractivity contribution is 7.91. The lowest BCUT2D eigenvalue weighted by molar-refractivity contribution is 0.177. The Morgan fingerprint density at radius 2 is 1.53 bits per heavy atom. The van der Waals surface area contributed by atoms with Crippen LogP contribution in [0.3, 0.4) is 0 Å². The Labute approximate surface area is 117 Å². The van der Waals surface area contributed by atoms with Gasteiger partial charge in [0.15, 0.2) is 0 Å². The van der Waals surface area contributed by atoms with Gasteiger partial charge in [0.25, 0.3) is 0 Å². The lowest BCUT2D eigenvalue weighted by Crippen LogP contribution is -2.50. The van der Waals surface area contributed by atoms with E-state index in [1.165, 1.54) is 44.8 Å². The van der Waals surface area contributed by atoms with Crippen molar-refractivity contribution in [1.82, 2.24) is 5.32 Å². The van der Waals surface area contributed by atoms with E-state index in [4.69, 9.17) is 0 Å². The molecule has 3 nitrogen and oxygen atoms in total. The van der Waals surface area contributed by atoms with Crippen LogP contribution in [0.25, 0.3) is 0 Å². The maximum Gasteiger partial charge on any atom is 0.150 e. The first-order valence-electron chi connectivity index (χ1n) is 7.99. The van der Waals surface area contributed by atoms with Crippen LogP contribution in [0.1, 0.15) is 57.8 Å². The second-order valence-electron chi connectivity index (χ2n) is 7.03. The molecule has 0 aromatic rings. The lowest BCUT2D eigenvalue weighted by Gasteiger charge is -2.40. The van der Waals surface area contributed by atoms with E-state index in [9.17, 15) is 8.42 Å². The van der Waals surface area contributed by atoms with E-state index >= 15 is 0 Å². The number of nitrogens with one attached hydrogen (secondary N) is 1. The van der Waals surface area contributed by atoms with Crippen molar-refractivity contribution >= 4 is 9.84 Å². The van der Waals surface area contributed by atoms with Gasteiger partial charge in [-0.15, -0.1) is 0 Å². The largest absolute Gasteiger partial charge is 0.311 e. The van der Waals surface area contributed by atoms with Crippen LogP contribution in [0.15, 0.2) is 0 Å². The van der Waals surface area contributed by atoms with Gasteiger partial charge in [0.1, 0.15) is 9.84 Å². The molecule has 2 aliphatic carbocycles. The molecule has 1 N–H and O–H groups in total. The molecule has 0 amide bonds. The fourth-order valence-corrected chi connectivity index (χ4v) is 5.85. The third-order valence-corrected chi connectivity index (χ3v) is 7.42. The van der Waals surface area contributed by atoms with Gasteiger partial charge in [-0.05, 0) is 56.8 Å². The van der Waals surface area contributed by atoms with Crippen molar-refractivity contribution in [3.8, 4) is 0 Å². The van der Waals surface area contributed by atoms with Crippen molar-refractivity contribution < 1.29 is 8.42 Å². The molecule has 0 aromatic heterocycles. The fraction of sp³-hybridized carbons (Fsp3) is 1.00. The molecule has 3 aliphatic rings. The second-order valence-corrected chi connectivity index (χ2v) is 9.35. The van der Waals surface area contributed by atoms with Crippen molar-refractivity contribution in [1.29, 1.82) is 0 Å². The first-order valence-corrected chi connectivity index (χ1v) is 9.94. The van der Waals surface area contributed by atoms with E-state index in [1.807, 2.05) is 0 Å². The van der Waals surface area contributed by atoms with Crippen LogP contribution in [0.2, 0.25) is 0 Å². The van der Waals surface area contributed by atoms with Gasteiger partial charge in [-0.2, -0.15) is 0 Å². The number of fused-ring (bicyclic) bond motifs is 1. The molecule has 0 bridgehead atoms. The molecule has 1 heterocycles. The van der Waals surface area contributed by atoms with Crippen molar-refractivity contribution in [3.63, 3.8) is 0 Å². The summed E-state index contributed by atoms with van der Waals surface area (Å²) in [6.07, 6.45) is 12.3. The van der Waals surface area contributed by atoms with E-state index in [2.05, 4.69) is 5.32 Å². The van der Waals surface area contributed by atoms with Crippen molar-refractivity contribution in [2.24, 2.45) is 11.8 Å². The van der Waals surface area contributed by atoms with Crippen molar-refractivity contribution in [3.05, 3.63) is 0 Å². The van der Waals surface area contributed by atoms with Crippen LogP contribution < -0.4 is 5.32 Å². The average Bonchev–Trinajstić information content (AvgIpc) is 2.85. The molecule has 3 fully saturated rings. The summed E-state index contributed by atoms with van der Waals surface area (Å²) >= 11 is 0. The van der Waals surface area contributed by atoms with E-state index in [0.29, 0.717) is 12.0 Å². The summed E-state index contributed by atoms with van der Waals surface area (Å²) in [4.78, 5) is 0. The van der Waals surface area contributed by atoms with Gasteiger partial charge in [0.2, 0.25) is 0 Å². The molecule has 5 atom stereocenters. The lowest BCUT2D eigenvalue weighted by atomic mass is 9.78. The molecule has 5 unspecified atom stereocenters. The number of piperidine rings is 1. The number of hydrogen-bond acceptors (Lipinski definition) is 3. The molecular weight excluding hydrogens is 258 g/mol. The molecule has 0 spiro atoms. The van der Waals surface area contributed by atoms with E-state index in [1.54, 1.807) is 0 Å². The summed E-state index contributed by atoms with van der Waals surface area (Å²) in [7, 11) is -2.84. The standard InChI is InChI=1S/C15H27NO2S/c1-19(17,18)13-6-2-5-12(10-13)15-9-8-11-4-3-7-14(11)16-15/h11-16H,2-10H2,1H3. The molecular formula is C15H27NO2S. The highest BCUT2D eigenvalue weighted by Crippen LogP contribution is 2.39. The Balaban J connectivity index is 1.62. The molecule has 19 heavy (non-hydrogen) atoms. The average molecular weight is 285 g/mol. The maximum atomic E-state index is 11.8. The van der Waals surface area contributed by atoms with Gasteiger partial charge in [-0.25, -0.2) is 8.42 Å². The fourth-order valence-electron chi connectivity index (χ4n) is 4.66. The van der Waals surface area contributed by atoms with E-state index in [0.717, 1.165) is 31.2 Å². The van der Waals surface area contributed by atoms with Gasteiger partial charge >= 0.3 is 0 Å². The Morgan fingerprint density at radius 3 is 2.32 bits per heavy atom. The molecule has 110 valence electrons. The Hall–Kier alpha value is -0.0900. The van der Waals surface area contributed by atoms with Crippen LogP contribution in [-0.2, 0) is 9.84 Å². The maximum absolute atomic E-state index is 11.8. The smallest absolute Gasteiger partial charge is 0.150 e. The van der Waals surface area contributed by atoms with Gasteiger partial charge in [0, 0.05) is 18.3 Å². The first-order chi connectivity index (χ1) is 9.04. The van der Waals surface area contributed by atoms with Gasteiger partial charge in [-0.1, -0.05) is 12.8 Å². The summed E-state index contributed by atoms with van der Waals surface area (Å²) in [5, 5.41) is 3.79. The Bertz CT molecular complexity index is 420. The summed E-state index contributed by atoms with van der Waals surface area (Å²) in [5.41, 5.74) is 0. The topological polar surface area (TPSA) is 46.2 Å². The number of rotatable bonds is 2. The molecule has 1 aliphatic heterocycles. The molecule has 2 saturated carbocycles. The van der Waals surface area contributed by atoms with E-state index < -0.39 is 9.84 Å². The van der Waals surface area contributed by atoms with Crippen LogP contribution in [0, 0.1) is 11.8 Å². The minimum absolute atomic E-state index is 0.0747. The van der Waals surface area contributed by atoms with Gasteiger partial charge < -0.3 is 5.32 Å². The zero-order valence-electron chi connectivity index (χ0n) is 12.0. The molecule has 3 rings (SSSR count). The van der Waals surface area contributed by atoms with Gasteiger partial charge in [-0.3, -0.25) is 0 Å². The third-order valence-electron chi connectivity index (χ3n) is 5.78. The van der Waals surface area contributed by atoms with E-state index in [-0.39, 0.29) is 5.25 Å². The Kier molecular flexibility index (Phi) is 3.91. The zero-order chi connectivity index (χ0) is 13.5. The third kappa shape index (κ3) is 2.99. The first kappa shape index (κ1) is 13.9. The summed E-state index contributed by atoms with van der Waals surface area (Å²) in [5.74, 6) is 1.50. The van der Waals surface area contributed by atoms with Crippen LogP contribution in [0.4, 0.5) is 0 Å². The van der Waals surface area contributed by atoms with Gasteiger partial charge in [0.05, 0.1) is 5.25 Å². The molecule has 1 saturated heterocycles.